The van der Waals surface area contributed by atoms with Gasteiger partial charge in [0, 0.05) is 18.5 Å². The number of pyridine rings is 2. The zero-order valence-corrected chi connectivity index (χ0v) is 10.7. The van der Waals surface area contributed by atoms with E-state index in [1.807, 2.05) is 60.7 Å². The molecule has 0 bridgehead atoms. The monoisotopic (exact) mass is 263 g/mol. The maximum Gasteiger partial charge on any atom is 0.219 e. The van der Waals surface area contributed by atoms with Crippen molar-refractivity contribution < 1.29 is 4.74 Å². The third-order valence-electron chi connectivity index (χ3n) is 2.67. The Morgan fingerprint density at radius 1 is 0.750 bits per heavy atom. The highest BCUT2D eigenvalue weighted by molar-refractivity contribution is 5.64. The lowest BCUT2D eigenvalue weighted by Crippen LogP contribution is -1.96. The molecule has 1 aromatic carbocycles. The van der Waals surface area contributed by atoms with Gasteiger partial charge in [-0.15, -0.1) is 0 Å². The molecule has 4 heteroatoms. The van der Waals surface area contributed by atoms with Gasteiger partial charge in [0.2, 0.25) is 5.88 Å². The average molecular weight is 263 g/mol. The molecule has 0 atom stereocenters. The maximum atomic E-state index is 5.78. The first kappa shape index (κ1) is 12.2. The van der Waals surface area contributed by atoms with E-state index in [0.29, 0.717) is 11.6 Å². The van der Waals surface area contributed by atoms with E-state index in [4.69, 9.17) is 4.74 Å². The van der Waals surface area contributed by atoms with Crippen molar-refractivity contribution in [2.24, 2.45) is 0 Å². The van der Waals surface area contributed by atoms with Crippen molar-refractivity contribution in [3.05, 3.63) is 73.1 Å². The van der Waals surface area contributed by atoms with E-state index in [9.17, 15) is 0 Å². The summed E-state index contributed by atoms with van der Waals surface area (Å²) in [7, 11) is 0. The zero-order chi connectivity index (χ0) is 13.6. The summed E-state index contributed by atoms with van der Waals surface area (Å²) in [6, 6.07) is 18.9. The quantitative estimate of drug-likeness (QED) is 0.772. The van der Waals surface area contributed by atoms with Crippen LogP contribution in [0.3, 0.4) is 0 Å². The van der Waals surface area contributed by atoms with Crippen molar-refractivity contribution in [2.45, 2.75) is 0 Å². The van der Waals surface area contributed by atoms with Crippen LogP contribution in [0.4, 0.5) is 11.5 Å². The number of para-hydroxylation sites is 2. The minimum Gasteiger partial charge on any atom is -0.437 e. The first-order valence-corrected chi connectivity index (χ1v) is 6.28. The zero-order valence-electron chi connectivity index (χ0n) is 10.7. The predicted octanol–water partition coefficient (Wildman–Crippen LogP) is 4.01. The summed E-state index contributed by atoms with van der Waals surface area (Å²) in [5.74, 6) is 2.03. The largest absolute Gasteiger partial charge is 0.437 e. The average Bonchev–Trinajstić information content (AvgIpc) is 2.51. The summed E-state index contributed by atoms with van der Waals surface area (Å²) in [5, 5.41) is 3.23. The minimum absolute atomic E-state index is 0.558. The second-order valence-electron chi connectivity index (χ2n) is 4.11. The number of hydrogen-bond acceptors (Lipinski definition) is 4. The van der Waals surface area contributed by atoms with E-state index in [1.165, 1.54) is 0 Å². The Bertz CT molecular complexity index is 611. The molecule has 0 aliphatic carbocycles. The highest BCUT2D eigenvalue weighted by Gasteiger charge is 2.05. The molecule has 20 heavy (non-hydrogen) atoms. The summed E-state index contributed by atoms with van der Waals surface area (Å²) in [5.41, 5.74) is 0.844. The number of rotatable bonds is 4. The van der Waals surface area contributed by atoms with Gasteiger partial charge < -0.3 is 10.1 Å². The van der Waals surface area contributed by atoms with Crippen LogP contribution in [0.1, 0.15) is 0 Å². The number of anilines is 2. The standard InChI is InChI=1S/C16H13N3O/c1-2-8-14(20-16-10-4-6-12-18-16)13(7-1)19-15-9-3-5-11-17-15/h1-12H,(H,17,19). The normalized spacial score (nSPS) is 10.0. The molecule has 0 unspecified atom stereocenters. The summed E-state index contributed by atoms with van der Waals surface area (Å²) in [4.78, 5) is 8.40. The van der Waals surface area contributed by atoms with Crippen LogP contribution in [0.15, 0.2) is 73.1 Å². The Morgan fingerprint density at radius 2 is 1.50 bits per heavy atom. The van der Waals surface area contributed by atoms with Gasteiger partial charge in [0.25, 0.3) is 0 Å². The van der Waals surface area contributed by atoms with Gasteiger partial charge in [-0.2, -0.15) is 0 Å². The first-order chi connectivity index (χ1) is 9.92. The van der Waals surface area contributed by atoms with E-state index in [1.54, 1.807) is 12.4 Å². The van der Waals surface area contributed by atoms with Gasteiger partial charge in [0.1, 0.15) is 5.82 Å². The third-order valence-corrected chi connectivity index (χ3v) is 2.67. The van der Waals surface area contributed by atoms with Crippen LogP contribution in [0, 0.1) is 0 Å². The Balaban J connectivity index is 1.85. The van der Waals surface area contributed by atoms with E-state index < -0.39 is 0 Å². The predicted molar refractivity (Wildman–Crippen MR) is 78.3 cm³/mol. The van der Waals surface area contributed by atoms with Gasteiger partial charge in [-0.05, 0) is 30.3 Å². The van der Waals surface area contributed by atoms with Gasteiger partial charge in [-0.25, -0.2) is 9.97 Å². The molecule has 0 saturated heterocycles. The number of nitrogens with one attached hydrogen (secondary N) is 1. The molecule has 0 saturated carbocycles. The molecule has 0 aliphatic rings. The maximum absolute atomic E-state index is 5.78. The minimum atomic E-state index is 0.558. The van der Waals surface area contributed by atoms with Crippen LogP contribution in [0.5, 0.6) is 11.6 Å². The van der Waals surface area contributed by atoms with Crippen molar-refractivity contribution in [1.82, 2.24) is 9.97 Å². The van der Waals surface area contributed by atoms with E-state index in [0.717, 1.165) is 11.5 Å². The molecule has 0 aliphatic heterocycles. The van der Waals surface area contributed by atoms with E-state index in [2.05, 4.69) is 15.3 Å². The molecule has 4 nitrogen and oxygen atoms in total. The smallest absolute Gasteiger partial charge is 0.219 e. The van der Waals surface area contributed by atoms with Crippen molar-refractivity contribution in [3.8, 4) is 11.6 Å². The molecular weight excluding hydrogens is 250 g/mol. The molecular formula is C16H13N3O. The van der Waals surface area contributed by atoms with Crippen molar-refractivity contribution in [1.29, 1.82) is 0 Å². The Kier molecular flexibility index (Phi) is 3.55. The molecule has 2 aromatic heterocycles. The molecule has 0 radical (unpaired) electrons. The summed E-state index contributed by atoms with van der Waals surface area (Å²) in [6.07, 6.45) is 3.44. The number of nitrogens with zero attached hydrogens (tertiary/aromatic N) is 2. The van der Waals surface area contributed by atoms with Crippen LogP contribution in [0.2, 0.25) is 0 Å². The molecule has 3 rings (SSSR count). The van der Waals surface area contributed by atoms with Gasteiger partial charge in [-0.3, -0.25) is 0 Å². The van der Waals surface area contributed by atoms with Gasteiger partial charge in [0.05, 0.1) is 5.69 Å². The molecule has 98 valence electrons. The highest BCUT2D eigenvalue weighted by atomic mass is 16.5. The Morgan fingerprint density at radius 3 is 2.25 bits per heavy atom. The number of ether oxygens (including phenoxy) is 1. The third kappa shape index (κ3) is 2.92. The molecule has 3 aromatic rings. The van der Waals surface area contributed by atoms with Crippen LogP contribution in [-0.4, -0.2) is 9.97 Å². The molecule has 0 spiro atoms. The van der Waals surface area contributed by atoms with E-state index >= 15 is 0 Å². The number of hydrogen-bond donors (Lipinski definition) is 1. The highest BCUT2D eigenvalue weighted by Crippen LogP contribution is 2.29. The SMILES string of the molecule is c1ccc(Nc2ccccc2Oc2ccccn2)nc1. The van der Waals surface area contributed by atoms with Crippen LogP contribution in [-0.2, 0) is 0 Å². The van der Waals surface area contributed by atoms with Gasteiger partial charge in [-0.1, -0.05) is 24.3 Å². The lowest BCUT2D eigenvalue weighted by molar-refractivity contribution is 0.465. The van der Waals surface area contributed by atoms with Crippen molar-refractivity contribution >= 4 is 11.5 Å². The van der Waals surface area contributed by atoms with Crippen LogP contribution < -0.4 is 10.1 Å². The van der Waals surface area contributed by atoms with Crippen molar-refractivity contribution in [3.63, 3.8) is 0 Å². The topological polar surface area (TPSA) is 47.0 Å². The van der Waals surface area contributed by atoms with Crippen LogP contribution >= 0.6 is 0 Å². The number of aromatic nitrogens is 2. The fraction of sp³-hybridized carbons (Fsp3) is 0. The Labute approximate surface area is 117 Å². The number of benzene rings is 1. The van der Waals surface area contributed by atoms with Crippen molar-refractivity contribution in [2.75, 3.05) is 5.32 Å². The first-order valence-electron chi connectivity index (χ1n) is 6.28. The molecule has 0 fully saturated rings. The second kappa shape index (κ2) is 5.84. The van der Waals surface area contributed by atoms with E-state index in [-0.39, 0.29) is 0 Å². The second-order valence-corrected chi connectivity index (χ2v) is 4.11. The molecule has 1 N–H and O–H groups in total. The lowest BCUT2D eigenvalue weighted by atomic mass is 10.3. The lowest BCUT2D eigenvalue weighted by Gasteiger charge is -2.11. The molecule has 0 amide bonds. The van der Waals surface area contributed by atoms with Gasteiger partial charge in [0.15, 0.2) is 5.75 Å². The fourth-order valence-corrected chi connectivity index (χ4v) is 1.75. The van der Waals surface area contributed by atoms with Crippen LogP contribution in [0.25, 0.3) is 0 Å². The fourth-order valence-electron chi connectivity index (χ4n) is 1.75. The molecule has 2 heterocycles. The van der Waals surface area contributed by atoms with Gasteiger partial charge >= 0.3 is 0 Å². The summed E-state index contributed by atoms with van der Waals surface area (Å²) in [6.45, 7) is 0. The summed E-state index contributed by atoms with van der Waals surface area (Å²) >= 11 is 0. The Hall–Kier alpha value is -2.88. The summed E-state index contributed by atoms with van der Waals surface area (Å²) < 4.78 is 5.78.